The Labute approximate surface area is 351 Å². The SMILES string of the molecule is CC/C=C/C=C/C=C/C=C\CCCCCC(CC(=O)NC(CO)C(O)CCCCCCCCCCC)OC(=O)CCCCCCCC/C=C/C/C=C/C/C=C/CC. The van der Waals surface area contributed by atoms with Crippen molar-refractivity contribution in [1.82, 2.24) is 5.32 Å². The molecular formula is C51H87NO5. The third kappa shape index (κ3) is 39.6. The van der Waals surface area contributed by atoms with Gasteiger partial charge in [0.15, 0.2) is 0 Å². The number of ether oxygens (including phenoxy) is 1. The van der Waals surface area contributed by atoms with Gasteiger partial charge in [0.25, 0.3) is 0 Å². The summed E-state index contributed by atoms with van der Waals surface area (Å²) in [6.07, 6.45) is 56.4. The summed E-state index contributed by atoms with van der Waals surface area (Å²) < 4.78 is 5.89. The van der Waals surface area contributed by atoms with Gasteiger partial charge in [-0.05, 0) is 77.0 Å². The number of hydrogen-bond donors (Lipinski definition) is 3. The fourth-order valence-corrected chi connectivity index (χ4v) is 6.57. The molecule has 0 aliphatic carbocycles. The van der Waals surface area contributed by atoms with Crippen LogP contribution in [0.5, 0.6) is 0 Å². The van der Waals surface area contributed by atoms with Crippen molar-refractivity contribution in [3.63, 3.8) is 0 Å². The van der Waals surface area contributed by atoms with Crippen molar-refractivity contribution < 1.29 is 24.5 Å². The van der Waals surface area contributed by atoms with E-state index in [0.717, 1.165) is 96.3 Å². The molecule has 6 nitrogen and oxygen atoms in total. The highest BCUT2D eigenvalue weighted by atomic mass is 16.5. The smallest absolute Gasteiger partial charge is 0.306 e. The van der Waals surface area contributed by atoms with E-state index in [0.29, 0.717) is 19.3 Å². The molecule has 0 aliphatic heterocycles. The number of rotatable bonds is 40. The molecule has 57 heavy (non-hydrogen) atoms. The highest BCUT2D eigenvalue weighted by molar-refractivity contribution is 5.77. The lowest BCUT2D eigenvalue weighted by molar-refractivity contribution is -0.151. The van der Waals surface area contributed by atoms with Crippen LogP contribution < -0.4 is 5.32 Å². The molecule has 0 saturated carbocycles. The van der Waals surface area contributed by atoms with Crippen LogP contribution in [0.25, 0.3) is 0 Å². The Hall–Kier alpha value is -2.96. The van der Waals surface area contributed by atoms with Gasteiger partial charge in [0.2, 0.25) is 5.91 Å². The minimum atomic E-state index is -0.803. The molecule has 0 aromatic carbocycles. The first-order valence-electron chi connectivity index (χ1n) is 23.4. The number of aliphatic hydroxyl groups is 2. The first-order chi connectivity index (χ1) is 28.0. The molecule has 3 atom stereocenters. The molecule has 0 radical (unpaired) electrons. The predicted molar refractivity (Wildman–Crippen MR) is 245 cm³/mol. The first kappa shape index (κ1) is 54.0. The van der Waals surface area contributed by atoms with Gasteiger partial charge in [0.05, 0.1) is 25.2 Å². The zero-order valence-electron chi connectivity index (χ0n) is 36.9. The lowest BCUT2D eigenvalue weighted by Gasteiger charge is -2.24. The van der Waals surface area contributed by atoms with E-state index >= 15 is 0 Å². The monoisotopic (exact) mass is 794 g/mol. The maximum Gasteiger partial charge on any atom is 0.306 e. The fraction of sp³-hybridized carbons (Fsp3) is 0.686. The molecule has 0 aromatic heterocycles. The van der Waals surface area contributed by atoms with Crippen molar-refractivity contribution in [2.75, 3.05) is 6.61 Å². The highest BCUT2D eigenvalue weighted by Gasteiger charge is 2.24. The van der Waals surface area contributed by atoms with Crippen LogP contribution in [0.4, 0.5) is 0 Å². The number of carbonyl (C=O) groups excluding carboxylic acids is 2. The van der Waals surface area contributed by atoms with Gasteiger partial charge in [-0.1, -0.05) is 196 Å². The fourth-order valence-electron chi connectivity index (χ4n) is 6.57. The number of carbonyl (C=O) groups is 2. The second-order valence-electron chi connectivity index (χ2n) is 15.5. The Morgan fingerprint density at radius 2 is 1.04 bits per heavy atom. The summed E-state index contributed by atoms with van der Waals surface area (Å²) in [6.45, 7) is 6.18. The van der Waals surface area contributed by atoms with Crippen LogP contribution in [0.1, 0.15) is 201 Å². The van der Waals surface area contributed by atoms with E-state index in [1.807, 2.05) is 30.4 Å². The minimum absolute atomic E-state index is 0.0414. The second kappa shape index (κ2) is 44.1. The van der Waals surface area contributed by atoms with Gasteiger partial charge in [-0.25, -0.2) is 0 Å². The summed E-state index contributed by atoms with van der Waals surface area (Å²) in [5.74, 6) is -0.537. The van der Waals surface area contributed by atoms with Gasteiger partial charge in [-0.15, -0.1) is 0 Å². The number of aliphatic hydroxyl groups excluding tert-OH is 2. The summed E-state index contributed by atoms with van der Waals surface area (Å²) in [5, 5.41) is 23.6. The Morgan fingerprint density at radius 3 is 1.67 bits per heavy atom. The number of hydrogen-bond acceptors (Lipinski definition) is 5. The third-order valence-corrected chi connectivity index (χ3v) is 10.1. The molecule has 0 heterocycles. The van der Waals surface area contributed by atoms with E-state index in [1.54, 1.807) is 0 Å². The van der Waals surface area contributed by atoms with E-state index < -0.39 is 18.2 Å². The summed E-state index contributed by atoms with van der Waals surface area (Å²) >= 11 is 0. The highest BCUT2D eigenvalue weighted by Crippen LogP contribution is 2.17. The average Bonchev–Trinajstić information content (AvgIpc) is 3.20. The molecule has 0 fully saturated rings. The minimum Gasteiger partial charge on any atom is -0.462 e. The number of unbranched alkanes of at least 4 members (excludes halogenated alkanes) is 17. The molecular weight excluding hydrogens is 707 g/mol. The summed E-state index contributed by atoms with van der Waals surface area (Å²) in [7, 11) is 0. The number of esters is 1. The molecule has 0 spiro atoms. The van der Waals surface area contributed by atoms with Crippen molar-refractivity contribution >= 4 is 11.9 Å². The first-order valence-corrected chi connectivity index (χ1v) is 23.4. The van der Waals surface area contributed by atoms with Gasteiger partial charge >= 0.3 is 5.97 Å². The molecule has 0 rings (SSSR count). The van der Waals surface area contributed by atoms with Crippen LogP contribution in [0, 0.1) is 0 Å². The van der Waals surface area contributed by atoms with Crippen LogP contribution >= 0.6 is 0 Å². The van der Waals surface area contributed by atoms with Gasteiger partial charge in [-0.3, -0.25) is 9.59 Å². The lowest BCUT2D eigenvalue weighted by atomic mass is 10.0. The predicted octanol–water partition coefficient (Wildman–Crippen LogP) is 13.6. The Balaban J connectivity index is 4.69. The largest absolute Gasteiger partial charge is 0.462 e. The summed E-state index contributed by atoms with van der Waals surface area (Å²) in [5.41, 5.74) is 0. The molecule has 326 valence electrons. The molecule has 0 bridgehead atoms. The second-order valence-corrected chi connectivity index (χ2v) is 15.5. The van der Waals surface area contributed by atoms with Crippen molar-refractivity contribution in [2.24, 2.45) is 0 Å². The third-order valence-electron chi connectivity index (χ3n) is 10.1. The van der Waals surface area contributed by atoms with E-state index in [4.69, 9.17) is 4.74 Å². The van der Waals surface area contributed by atoms with E-state index in [9.17, 15) is 19.8 Å². The molecule has 3 N–H and O–H groups in total. The van der Waals surface area contributed by atoms with Crippen molar-refractivity contribution in [3.05, 3.63) is 85.1 Å². The molecule has 1 amide bonds. The van der Waals surface area contributed by atoms with Gasteiger partial charge in [0.1, 0.15) is 6.10 Å². The lowest BCUT2D eigenvalue weighted by Crippen LogP contribution is -2.46. The quantitative estimate of drug-likeness (QED) is 0.0248. The van der Waals surface area contributed by atoms with Crippen LogP contribution in [0.2, 0.25) is 0 Å². The van der Waals surface area contributed by atoms with E-state index in [1.165, 1.54) is 57.8 Å². The zero-order chi connectivity index (χ0) is 41.7. The van der Waals surface area contributed by atoms with E-state index in [2.05, 4.69) is 80.8 Å². The maximum atomic E-state index is 13.1. The molecule has 0 aliphatic rings. The van der Waals surface area contributed by atoms with Crippen LogP contribution in [-0.2, 0) is 14.3 Å². The normalized spacial score (nSPS) is 14.1. The van der Waals surface area contributed by atoms with Gasteiger partial charge in [0, 0.05) is 6.42 Å². The standard InChI is InChI=1S/C51H87NO5/c1-4-7-10-13-16-19-21-23-24-25-27-29-32-35-38-41-44-51(56)57-47(42-39-36-33-31-28-26-22-20-17-14-11-8-5-2)45-50(55)52-48(46-53)49(54)43-40-37-34-30-18-15-12-9-6-3/h7-8,10-11,14,16-17,19-20,22-24,26,28,47-49,53-54H,4-6,9,12-13,15,18,21,25,27,29-46H2,1-3H3,(H,52,55)/b10-7+,11-8+,17-14+,19-16+,22-20+,24-23+,28-26-. The van der Waals surface area contributed by atoms with Crippen LogP contribution in [0.3, 0.4) is 0 Å². The van der Waals surface area contributed by atoms with E-state index in [-0.39, 0.29) is 24.9 Å². The zero-order valence-corrected chi connectivity index (χ0v) is 36.9. The maximum absolute atomic E-state index is 13.1. The molecule has 3 unspecified atom stereocenters. The van der Waals surface area contributed by atoms with Gasteiger partial charge in [-0.2, -0.15) is 0 Å². The number of allylic oxidation sites excluding steroid dienone is 14. The van der Waals surface area contributed by atoms with Crippen LogP contribution in [-0.4, -0.2) is 46.9 Å². The average molecular weight is 794 g/mol. The Bertz CT molecular complexity index is 1120. The molecule has 6 heteroatoms. The molecule has 0 saturated heterocycles. The van der Waals surface area contributed by atoms with Crippen molar-refractivity contribution in [2.45, 2.75) is 219 Å². The number of amides is 1. The molecule has 0 aromatic rings. The summed E-state index contributed by atoms with van der Waals surface area (Å²) in [4.78, 5) is 26.0. The van der Waals surface area contributed by atoms with Crippen LogP contribution in [0.15, 0.2) is 85.1 Å². The Morgan fingerprint density at radius 1 is 0.544 bits per heavy atom. The number of nitrogens with one attached hydrogen (secondary N) is 1. The van der Waals surface area contributed by atoms with Crippen molar-refractivity contribution in [1.29, 1.82) is 0 Å². The topological polar surface area (TPSA) is 95.9 Å². The summed E-state index contributed by atoms with van der Waals surface area (Å²) in [6, 6.07) is -0.719. The van der Waals surface area contributed by atoms with Gasteiger partial charge < -0.3 is 20.3 Å². The Kier molecular flexibility index (Phi) is 41.9. The van der Waals surface area contributed by atoms with Crippen molar-refractivity contribution in [3.8, 4) is 0 Å².